The van der Waals surface area contributed by atoms with Crippen molar-refractivity contribution in [3.63, 3.8) is 0 Å². The summed E-state index contributed by atoms with van der Waals surface area (Å²) >= 11 is 0. The number of hydrogen-bond donors (Lipinski definition) is 2. The summed E-state index contributed by atoms with van der Waals surface area (Å²) in [6, 6.07) is 16.0. The van der Waals surface area contributed by atoms with Crippen LogP contribution in [0.25, 0.3) is 10.9 Å². The number of aliphatic imine (C=N–C) groups is 1. The van der Waals surface area contributed by atoms with Gasteiger partial charge < -0.3 is 19.7 Å². The van der Waals surface area contributed by atoms with E-state index in [2.05, 4.69) is 40.9 Å². The molecule has 0 aliphatic carbocycles. The summed E-state index contributed by atoms with van der Waals surface area (Å²) < 4.78 is 5.80. The van der Waals surface area contributed by atoms with Gasteiger partial charge in [0.15, 0.2) is 5.88 Å². The zero-order chi connectivity index (χ0) is 18.1. The second kappa shape index (κ2) is 6.84. The number of ether oxygens (including phenoxy) is 1. The van der Waals surface area contributed by atoms with Gasteiger partial charge in [-0.1, -0.05) is 18.2 Å². The molecule has 26 heavy (non-hydrogen) atoms. The lowest BCUT2D eigenvalue weighted by atomic mass is 10.2. The zero-order valence-electron chi connectivity index (χ0n) is 15.0. The molecule has 0 saturated carbocycles. The Balaban J connectivity index is 1.54. The summed E-state index contributed by atoms with van der Waals surface area (Å²) in [6.07, 6.45) is 2.18. The van der Waals surface area contributed by atoms with Crippen molar-refractivity contribution in [1.82, 2.24) is 4.98 Å². The molecule has 1 aliphatic heterocycles. The van der Waals surface area contributed by atoms with Crippen LogP contribution in [0.2, 0.25) is 0 Å². The molecule has 1 saturated heterocycles. The number of aromatic nitrogens is 1. The lowest BCUT2D eigenvalue weighted by molar-refractivity contribution is -0.00521. The van der Waals surface area contributed by atoms with Crippen molar-refractivity contribution in [1.29, 1.82) is 0 Å². The van der Waals surface area contributed by atoms with Crippen molar-refractivity contribution in [3.05, 3.63) is 54.1 Å². The fourth-order valence-corrected chi connectivity index (χ4v) is 3.56. The number of para-hydroxylation sites is 1. The largest absolute Gasteiger partial charge is 0.494 e. The first-order chi connectivity index (χ1) is 12.6. The van der Waals surface area contributed by atoms with Crippen LogP contribution in [0, 0.1) is 0 Å². The Morgan fingerprint density at radius 1 is 1.08 bits per heavy atom. The minimum atomic E-state index is 0.142. The van der Waals surface area contributed by atoms with E-state index in [0.29, 0.717) is 5.56 Å². The SMILES string of the molecule is CC1CN(c2ccc(N=Cc3c(O)[nH]c4ccccc34)cc2)CC(C)O1. The van der Waals surface area contributed by atoms with E-state index in [1.165, 1.54) is 5.69 Å². The van der Waals surface area contributed by atoms with Gasteiger partial charge >= 0.3 is 0 Å². The van der Waals surface area contributed by atoms with Crippen molar-refractivity contribution >= 4 is 28.5 Å². The molecule has 2 heterocycles. The van der Waals surface area contributed by atoms with Crippen molar-refractivity contribution in [2.75, 3.05) is 18.0 Å². The van der Waals surface area contributed by atoms with Gasteiger partial charge in [-0.15, -0.1) is 0 Å². The third-order valence-corrected chi connectivity index (χ3v) is 4.70. The summed E-state index contributed by atoms with van der Waals surface area (Å²) in [4.78, 5) is 9.84. The minimum absolute atomic E-state index is 0.142. The van der Waals surface area contributed by atoms with Gasteiger partial charge in [0, 0.05) is 35.9 Å². The Hall–Kier alpha value is -2.79. The average Bonchev–Trinajstić information content (AvgIpc) is 2.95. The number of benzene rings is 2. The van der Waals surface area contributed by atoms with Crippen LogP contribution in [0.4, 0.5) is 11.4 Å². The Labute approximate surface area is 152 Å². The molecule has 0 radical (unpaired) electrons. The van der Waals surface area contributed by atoms with Crippen LogP contribution in [-0.2, 0) is 4.74 Å². The maximum atomic E-state index is 10.1. The monoisotopic (exact) mass is 349 g/mol. The van der Waals surface area contributed by atoms with Crippen LogP contribution < -0.4 is 4.90 Å². The Bertz CT molecular complexity index is 920. The van der Waals surface area contributed by atoms with Gasteiger partial charge in [-0.2, -0.15) is 0 Å². The molecule has 0 spiro atoms. The topological polar surface area (TPSA) is 60.8 Å². The van der Waals surface area contributed by atoms with Crippen LogP contribution >= 0.6 is 0 Å². The molecule has 5 nitrogen and oxygen atoms in total. The third kappa shape index (κ3) is 3.30. The molecule has 4 rings (SSSR count). The van der Waals surface area contributed by atoms with Crippen LogP contribution in [0.5, 0.6) is 5.88 Å². The predicted octanol–water partition coefficient (Wildman–Crippen LogP) is 4.24. The van der Waals surface area contributed by atoms with E-state index in [0.717, 1.165) is 29.7 Å². The van der Waals surface area contributed by atoms with E-state index < -0.39 is 0 Å². The number of nitrogens with one attached hydrogen (secondary N) is 1. The van der Waals surface area contributed by atoms with Crippen molar-refractivity contribution < 1.29 is 9.84 Å². The van der Waals surface area contributed by atoms with Gasteiger partial charge in [0.05, 0.1) is 23.5 Å². The first-order valence-electron chi connectivity index (χ1n) is 8.94. The number of aromatic amines is 1. The molecule has 2 N–H and O–H groups in total. The highest BCUT2D eigenvalue weighted by Gasteiger charge is 2.22. The number of morpholine rings is 1. The highest BCUT2D eigenvalue weighted by molar-refractivity contribution is 6.02. The number of rotatable bonds is 3. The van der Waals surface area contributed by atoms with Gasteiger partial charge in [0.1, 0.15) is 0 Å². The summed E-state index contributed by atoms with van der Waals surface area (Å²) in [5.41, 5.74) is 3.64. The lowest BCUT2D eigenvalue weighted by Crippen LogP contribution is -2.45. The van der Waals surface area contributed by atoms with Crippen molar-refractivity contribution in [2.24, 2.45) is 4.99 Å². The molecule has 5 heteroatoms. The van der Waals surface area contributed by atoms with Crippen LogP contribution in [0.1, 0.15) is 19.4 Å². The van der Waals surface area contributed by atoms with E-state index in [-0.39, 0.29) is 18.1 Å². The molecule has 1 fully saturated rings. The van der Waals surface area contributed by atoms with Crippen LogP contribution in [0.15, 0.2) is 53.5 Å². The normalized spacial score (nSPS) is 20.9. The van der Waals surface area contributed by atoms with Crippen LogP contribution in [-0.4, -0.2) is 41.6 Å². The molecule has 3 aromatic rings. The molecule has 0 amide bonds. The maximum Gasteiger partial charge on any atom is 0.198 e. The Kier molecular flexibility index (Phi) is 4.39. The summed E-state index contributed by atoms with van der Waals surface area (Å²) in [6.45, 7) is 6.01. The molecule has 2 atom stereocenters. The molecule has 2 aromatic carbocycles. The Morgan fingerprint density at radius 3 is 2.50 bits per heavy atom. The second-order valence-electron chi connectivity index (χ2n) is 6.87. The number of aromatic hydroxyl groups is 1. The molecular weight excluding hydrogens is 326 g/mol. The van der Waals surface area contributed by atoms with E-state index in [1.54, 1.807) is 6.21 Å². The molecule has 134 valence electrons. The highest BCUT2D eigenvalue weighted by Crippen LogP contribution is 2.27. The fraction of sp³-hybridized carbons (Fsp3) is 0.286. The van der Waals surface area contributed by atoms with Gasteiger partial charge in [0.25, 0.3) is 0 Å². The molecule has 2 unspecified atom stereocenters. The number of anilines is 1. The number of fused-ring (bicyclic) bond motifs is 1. The summed E-state index contributed by atoms with van der Waals surface area (Å²) in [5.74, 6) is 0.142. The zero-order valence-corrected chi connectivity index (χ0v) is 15.0. The number of hydrogen-bond acceptors (Lipinski definition) is 4. The Morgan fingerprint density at radius 2 is 1.77 bits per heavy atom. The number of nitrogens with zero attached hydrogens (tertiary/aromatic N) is 2. The van der Waals surface area contributed by atoms with Gasteiger partial charge in [-0.05, 0) is 44.2 Å². The van der Waals surface area contributed by atoms with E-state index in [1.807, 2.05) is 36.4 Å². The van der Waals surface area contributed by atoms with E-state index >= 15 is 0 Å². The van der Waals surface area contributed by atoms with E-state index in [9.17, 15) is 5.11 Å². The average molecular weight is 349 g/mol. The predicted molar refractivity (Wildman–Crippen MR) is 106 cm³/mol. The summed E-state index contributed by atoms with van der Waals surface area (Å²) in [7, 11) is 0. The molecule has 1 aromatic heterocycles. The van der Waals surface area contributed by atoms with Crippen molar-refractivity contribution in [2.45, 2.75) is 26.1 Å². The molecular formula is C21H23N3O2. The lowest BCUT2D eigenvalue weighted by Gasteiger charge is -2.36. The quantitative estimate of drug-likeness (QED) is 0.695. The maximum absolute atomic E-state index is 10.1. The van der Waals surface area contributed by atoms with Crippen molar-refractivity contribution in [3.8, 4) is 5.88 Å². The van der Waals surface area contributed by atoms with Gasteiger partial charge in [0.2, 0.25) is 0 Å². The van der Waals surface area contributed by atoms with Gasteiger partial charge in [-0.3, -0.25) is 4.99 Å². The molecule has 0 bridgehead atoms. The third-order valence-electron chi connectivity index (χ3n) is 4.70. The summed E-state index contributed by atoms with van der Waals surface area (Å²) in [5, 5.41) is 11.1. The number of H-pyrrole nitrogens is 1. The van der Waals surface area contributed by atoms with Crippen LogP contribution in [0.3, 0.4) is 0 Å². The smallest absolute Gasteiger partial charge is 0.198 e. The highest BCUT2D eigenvalue weighted by atomic mass is 16.5. The molecule has 1 aliphatic rings. The van der Waals surface area contributed by atoms with E-state index in [4.69, 9.17) is 4.74 Å². The minimum Gasteiger partial charge on any atom is -0.494 e. The van der Waals surface area contributed by atoms with Gasteiger partial charge in [-0.25, -0.2) is 0 Å². The first-order valence-corrected chi connectivity index (χ1v) is 8.94. The fourth-order valence-electron chi connectivity index (χ4n) is 3.56. The standard InChI is InChI=1S/C21H23N3O2/c1-14-12-24(13-15(2)26-14)17-9-7-16(8-10-17)22-11-19-18-5-3-4-6-20(18)23-21(19)25/h3-11,14-15,23,25H,12-13H2,1-2H3. The second-order valence-corrected chi connectivity index (χ2v) is 6.87. The first kappa shape index (κ1) is 16.7.